The van der Waals surface area contributed by atoms with Crippen molar-refractivity contribution in [2.24, 2.45) is 0 Å². The molecule has 0 spiro atoms. The van der Waals surface area contributed by atoms with Gasteiger partial charge in [0.2, 0.25) is 0 Å². The van der Waals surface area contributed by atoms with Gasteiger partial charge in [-0.3, -0.25) is 9.19 Å². The first-order valence-electron chi connectivity index (χ1n) is 4.83. The van der Waals surface area contributed by atoms with Crippen molar-refractivity contribution in [3.8, 4) is 0 Å². The minimum atomic E-state index is -0.737. The standard InChI is InChI=1S/C10H14N2OS/c13-14(10-3-6-12-7-10)8-9-1-4-11-5-2-9/h1-2,4-5,10,12H,3,6-8H2/t10-,14?/m1/s1. The fourth-order valence-electron chi connectivity index (χ4n) is 1.61. The summed E-state index contributed by atoms with van der Waals surface area (Å²) >= 11 is 0. The second kappa shape index (κ2) is 4.66. The molecule has 0 aromatic carbocycles. The summed E-state index contributed by atoms with van der Waals surface area (Å²) in [4.78, 5) is 3.94. The zero-order valence-electron chi connectivity index (χ0n) is 7.98. The van der Waals surface area contributed by atoms with Crippen molar-refractivity contribution in [2.75, 3.05) is 13.1 Å². The quantitative estimate of drug-likeness (QED) is 0.798. The van der Waals surface area contributed by atoms with Gasteiger partial charge < -0.3 is 5.32 Å². The van der Waals surface area contributed by atoms with Gasteiger partial charge in [-0.05, 0) is 30.7 Å². The number of nitrogens with one attached hydrogen (secondary N) is 1. The molecule has 0 amide bonds. The summed E-state index contributed by atoms with van der Waals surface area (Å²) in [6.07, 6.45) is 4.54. The van der Waals surface area contributed by atoms with E-state index in [1.54, 1.807) is 12.4 Å². The minimum Gasteiger partial charge on any atom is -0.315 e. The van der Waals surface area contributed by atoms with Crippen molar-refractivity contribution in [3.63, 3.8) is 0 Å². The lowest BCUT2D eigenvalue weighted by Crippen LogP contribution is -2.19. The summed E-state index contributed by atoms with van der Waals surface area (Å²) < 4.78 is 11.9. The summed E-state index contributed by atoms with van der Waals surface area (Å²) in [6.45, 7) is 1.91. The number of nitrogens with zero attached hydrogens (tertiary/aromatic N) is 1. The molecule has 14 heavy (non-hydrogen) atoms. The summed E-state index contributed by atoms with van der Waals surface area (Å²) in [6, 6.07) is 3.86. The van der Waals surface area contributed by atoms with Crippen molar-refractivity contribution in [3.05, 3.63) is 30.1 Å². The van der Waals surface area contributed by atoms with Gasteiger partial charge in [0.1, 0.15) is 0 Å². The Labute approximate surface area is 86.4 Å². The molecule has 0 radical (unpaired) electrons. The third kappa shape index (κ3) is 2.39. The monoisotopic (exact) mass is 210 g/mol. The average Bonchev–Trinajstić information content (AvgIpc) is 2.72. The topological polar surface area (TPSA) is 42.0 Å². The third-order valence-electron chi connectivity index (χ3n) is 2.45. The number of hydrogen-bond acceptors (Lipinski definition) is 3. The smallest absolute Gasteiger partial charge is 0.0490 e. The first-order chi connectivity index (χ1) is 6.86. The Hall–Kier alpha value is -0.740. The third-order valence-corrected chi connectivity index (χ3v) is 4.21. The van der Waals surface area contributed by atoms with Crippen LogP contribution in [-0.4, -0.2) is 27.5 Å². The second-order valence-electron chi connectivity index (χ2n) is 3.50. The predicted octanol–water partition coefficient (Wildman–Crippen LogP) is 0.692. The van der Waals surface area contributed by atoms with E-state index in [1.165, 1.54) is 0 Å². The first-order valence-corrected chi connectivity index (χ1v) is 6.21. The van der Waals surface area contributed by atoms with Crippen molar-refractivity contribution >= 4 is 10.8 Å². The van der Waals surface area contributed by atoms with Crippen LogP contribution in [0.4, 0.5) is 0 Å². The lowest BCUT2D eigenvalue weighted by Gasteiger charge is -2.07. The van der Waals surface area contributed by atoms with Gasteiger partial charge >= 0.3 is 0 Å². The van der Waals surface area contributed by atoms with Crippen LogP contribution in [0.15, 0.2) is 24.5 Å². The van der Waals surface area contributed by atoms with Crippen LogP contribution < -0.4 is 5.32 Å². The summed E-state index contributed by atoms with van der Waals surface area (Å²) in [5.74, 6) is 0.662. The van der Waals surface area contributed by atoms with Gasteiger partial charge in [-0.2, -0.15) is 0 Å². The number of rotatable bonds is 3. The maximum absolute atomic E-state index is 11.9. The van der Waals surface area contributed by atoms with Crippen LogP contribution in [-0.2, 0) is 16.6 Å². The lowest BCUT2D eigenvalue weighted by molar-refractivity contribution is 0.672. The molecule has 1 aliphatic rings. The van der Waals surface area contributed by atoms with E-state index in [-0.39, 0.29) is 0 Å². The summed E-state index contributed by atoms with van der Waals surface area (Å²) in [7, 11) is -0.737. The van der Waals surface area contributed by atoms with E-state index in [0.717, 1.165) is 25.1 Å². The molecule has 1 aromatic heterocycles. The number of aromatic nitrogens is 1. The molecule has 0 saturated carbocycles. The van der Waals surface area contributed by atoms with E-state index >= 15 is 0 Å². The van der Waals surface area contributed by atoms with Gasteiger partial charge in [0, 0.05) is 40.7 Å². The van der Waals surface area contributed by atoms with E-state index in [9.17, 15) is 4.21 Å². The molecule has 1 aliphatic heterocycles. The van der Waals surface area contributed by atoms with Gasteiger partial charge in [0.05, 0.1) is 0 Å². The van der Waals surface area contributed by atoms with Crippen LogP contribution in [0, 0.1) is 0 Å². The second-order valence-corrected chi connectivity index (χ2v) is 5.21. The fraction of sp³-hybridized carbons (Fsp3) is 0.500. The normalized spacial score (nSPS) is 23.6. The Morgan fingerprint density at radius 3 is 2.93 bits per heavy atom. The molecule has 76 valence electrons. The van der Waals surface area contributed by atoms with Crippen molar-refractivity contribution in [1.82, 2.24) is 10.3 Å². The van der Waals surface area contributed by atoms with Gasteiger partial charge in [-0.15, -0.1) is 0 Å². The maximum atomic E-state index is 11.9. The highest BCUT2D eigenvalue weighted by Gasteiger charge is 2.20. The van der Waals surface area contributed by atoms with Crippen LogP contribution in [0.5, 0.6) is 0 Å². The van der Waals surface area contributed by atoms with Gasteiger partial charge in [0.15, 0.2) is 0 Å². The van der Waals surface area contributed by atoms with Crippen LogP contribution in [0.1, 0.15) is 12.0 Å². The van der Waals surface area contributed by atoms with E-state index in [0.29, 0.717) is 11.0 Å². The molecule has 1 saturated heterocycles. The lowest BCUT2D eigenvalue weighted by atomic mass is 10.3. The van der Waals surface area contributed by atoms with Gasteiger partial charge in [-0.1, -0.05) is 0 Å². The van der Waals surface area contributed by atoms with Gasteiger partial charge in [-0.25, -0.2) is 0 Å². The molecule has 0 bridgehead atoms. The van der Waals surface area contributed by atoms with Crippen molar-refractivity contribution in [2.45, 2.75) is 17.4 Å². The average molecular weight is 210 g/mol. The maximum Gasteiger partial charge on any atom is 0.0490 e. The first kappa shape index (κ1) is 9.80. The Kier molecular flexibility index (Phi) is 3.26. The molecular weight excluding hydrogens is 196 g/mol. The molecule has 0 aliphatic carbocycles. The summed E-state index contributed by atoms with van der Waals surface area (Å²) in [5, 5.41) is 3.57. The zero-order chi connectivity index (χ0) is 9.80. The zero-order valence-corrected chi connectivity index (χ0v) is 8.80. The number of pyridine rings is 1. The Bertz CT molecular complexity index is 309. The van der Waals surface area contributed by atoms with E-state index in [4.69, 9.17) is 0 Å². The molecule has 4 heteroatoms. The number of hydrogen-bond donors (Lipinski definition) is 1. The highest BCUT2D eigenvalue weighted by atomic mass is 32.2. The van der Waals surface area contributed by atoms with Crippen molar-refractivity contribution < 1.29 is 4.21 Å². The van der Waals surface area contributed by atoms with Crippen LogP contribution in [0.25, 0.3) is 0 Å². The largest absolute Gasteiger partial charge is 0.315 e. The molecule has 1 fully saturated rings. The summed E-state index contributed by atoms with van der Waals surface area (Å²) in [5.41, 5.74) is 1.12. The van der Waals surface area contributed by atoms with Crippen LogP contribution in [0.3, 0.4) is 0 Å². The Balaban J connectivity index is 1.94. The molecule has 3 nitrogen and oxygen atoms in total. The van der Waals surface area contributed by atoms with E-state index in [2.05, 4.69) is 10.3 Å². The van der Waals surface area contributed by atoms with E-state index < -0.39 is 10.8 Å². The highest BCUT2D eigenvalue weighted by molar-refractivity contribution is 7.84. The van der Waals surface area contributed by atoms with Crippen LogP contribution in [0.2, 0.25) is 0 Å². The van der Waals surface area contributed by atoms with Gasteiger partial charge in [0.25, 0.3) is 0 Å². The molecule has 2 atom stereocenters. The van der Waals surface area contributed by atoms with Crippen LogP contribution >= 0.6 is 0 Å². The predicted molar refractivity (Wildman–Crippen MR) is 57.4 cm³/mol. The molecular formula is C10H14N2OS. The minimum absolute atomic E-state index is 0.336. The van der Waals surface area contributed by atoms with E-state index in [1.807, 2.05) is 12.1 Å². The Morgan fingerprint density at radius 1 is 1.50 bits per heavy atom. The SMILES string of the molecule is O=S(Cc1ccncc1)[C@@H]1CCNC1. The fourth-order valence-corrected chi connectivity index (χ4v) is 3.05. The molecule has 1 aromatic rings. The van der Waals surface area contributed by atoms with Crippen molar-refractivity contribution in [1.29, 1.82) is 0 Å². The molecule has 2 rings (SSSR count). The highest BCUT2D eigenvalue weighted by Crippen LogP contribution is 2.11. The molecule has 2 heterocycles. The molecule has 1 unspecified atom stereocenters. The Morgan fingerprint density at radius 2 is 2.29 bits per heavy atom. The molecule has 1 N–H and O–H groups in total.